The van der Waals surface area contributed by atoms with E-state index in [1.54, 1.807) is 0 Å². The van der Waals surface area contributed by atoms with Gasteiger partial charge in [-0.05, 0) is 18.6 Å². The molecule has 1 aliphatic heterocycles. The van der Waals surface area contributed by atoms with Crippen molar-refractivity contribution in [2.24, 2.45) is 0 Å². The van der Waals surface area contributed by atoms with Gasteiger partial charge in [-0.25, -0.2) is 4.79 Å². The number of rotatable bonds is 4. The van der Waals surface area contributed by atoms with Gasteiger partial charge in [0.2, 0.25) is 0 Å². The zero-order valence-corrected chi connectivity index (χ0v) is 15.7. The first kappa shape index (κ1) is 19.1. The molecule has 1 unspecified atom stereocenters. The van der Waals surface area contributed by atoms with Gasteiger partial charge in [0.25, 0.3) is 5.69 Å². The fourth-order valence-corrected chi connectivity index (χ4v) is 3.49. The van der Waals surface area contributed by atoms with E-state index in [9.17, 15) is 14.9 Å². The molecule has 0 bridgehead atoms. The Bertz CT molecular complexity index is 874. The number of morpholine rings is 1. The van der Waals surface area contributed by atoms with Gasteiger partial charge in [0, 0.05) is 12.6 Å². The molecule has 1 saturated heterocycles. The molecule has 0 aliphatic carbocycles. The van der Waals surface area contributed by atoms with Crippen LogP contribution in [0.15, 0.2) is 42.5 Å². The van der Waals surface area contributed by atoms with Crippen LogP contribution in [0.3, 0.4) is 0 Å². The summed E-state index contributed by atoms with van der Waals surface area (Å²) in [7, 11) is 1.20. The largest absolute Gasteiger partial charge is 0.465 e. The molecule has 8 heteroatoms. The Kier molecular flexibility index (Phi) is 5.34. The van der Waals surface area contributed by atoms with Gasteiger partial charge >= 0.3 is 5.97 Å². The smallest absolute Gasteiger partial charge is 0.339 e. The summed E-state index contributed by atoms with van der Waals surface area (Å²) in [6, 6.07) is 12.3. The van der Waals surface area contributed by atoms with Crippen LogP contribution in [-0.4, -0.2) is 37.7 Å². The highest BCUT2D eigenvalue weighted by molar-refractivity contribution is 6.34. The van der Waals surface area contributed by atoms with Gasteiger partial charge in [-0.1, -0.05) is 41.9 Å². The number of hydrogen-bond acceptors (Lipinski definition) is 6. The van der Waals surface area contributed by atoms with Gasteiger partial charge in [0.05, 0.1) is 35.8 Å². The lowest BCUT2D eigenvalue weighted by Gasteiger charge is -2.41. The zero-order chi connectivity index (χ0) is 19.6. The predicted molar refractivity (Wildman–Crippen MR) is 101 cm³/mol. The van der Waals surface area contributed by atoms with Crippen molar-refractivity contribution in [1.29, 1.82) is 0 Å². The average molecular weight is 391 g/mol. The number of nitro benzene ring substituents is 1. The maximum atomic E-state index is 11.8. The van der Waals surface area contributed by atoms with Crippen molar-refractivity contribution in [2.75, 3.05) is 31.7 Å². The normalized spacial score (nSPS) is 19.6. The summed E-state index contributed by atoms with van der Waals surface area (Å²) < 4.78 is 10.6. The highest BCUT2D eigenvalue weighted by atomic mass is 35.5. The minimum atomic E-state index is -0.717. The average Bonchev–Trinajstić information content (AvgIpc) is 2.67. The predicted octanol–water partition coefficient (Wildman–Crippen LogP) is 3.79. The van der Waals surface area contributed by atoms with E-state index in [0.717, 1.165) is 5.56 Å². The molecular formula is C19H19ClN2O5. The van der Waals surface area contributed by atoms with E-state index in [0.29, 0.717) is 25.4 Å². The van der Waals surface area contributed by atoms with Crippen molar-refractivity contribution in [1.82, 2.24) is 0 Å². The molecule has 0 radical (unpaired) electrons. The molecule has 0 aromatic heterocycles. The van der Waals surface area contributed by atoms with E-state index in [2.05, 4.69) is 4.74 Å². The molecule has 1 aliphatic rings. The second-order valence-corrected chi connectivity index (χ2v) is 6.84. The van der Waals surface area contributed by atoms with Crippen LogP contribution in [0.1, 0.15) is 22.8 Å². The van der Waals surface area contributed by atoms with Crippen molar-refractivity contribution < 1.29 is 19.2 Å². The van der Waals surface area contributed by atoms with E-state index >= 15 is 0 Å². The number of ether oxygens (including phenoxy) is 2. The van der Waals surface area contributed by atoms with E-state index in [4.69, 9.17) is 16.3 Å². The first-order valence-electron chi connectivity index (χ1n) is 8.36. The number of nitro groups is 1. The molecule has 3 rings (SSSR count). The summed E-state index contributed by atoms with van der Waals surface area (Å²) in [5.74, 6) is -0.717. The van der Waals surface area contributed by atoms with Crippen LogP contribution >= 0.6 is 11.6 Å². The minimum absolute atomic E-state index is 0.0336. The third-order valence-corrected chi connectivity index (χ3v) is 4.98. The van der Waals surface area contributed by atoms with Gasteiger partial charge in [-0.3, -0.25) is 10.1 Å². The Morgan fingerprint density at radius 3 is 2.67 bits per heavy atom. The summed E-state index contributed by atoms with van der Waals surface area (Å²) in [6.07, 6.45) is 0. The molecule has 142 valence electrons. The Labute approximate surface area is 161 Å². The molecule has 27 heavy (non-hydrogen) atoms. The van der Waals surface area contributed by atoms with E-state index in [1.165, 1.54) is 19.2 Å². The summed E-state index contributed by atoms with van der Waals surface area (Å²) in [6.45, 7) is 3.23. The van der Waals surface area contributed by atoms with Crippen LogP contribution in [-0.2, 0) is 15.1 Å². The number of carbonyl (C=O) groups is 1. The first-order valence-corrected chi connectivity index (χ1v) is 8.74. The molecule has 1 fully saturated rings. The Morgan fingerprint density at radius 2 is 2.04 bits per heavy atom. The SMILES string of the molecule is COC(=O)c1cc([N+](=O)[O-])c(N2CCOC(C)(c3ccccc3)C2)cc1Cl. The van der Waals surface area contributed by atoms with Crippen molar-refractivity contribution >= 4 is 28.9 Å². The van der Waals surface area contributed by atoms with Gasteiger partial charge in [0.15, 0.2) is 0 Å². The monoisotopic (exact) mass is 390 g/mol. The molecule has 2 aromatic carbocycles. The summed E-state index contributed by atoms with van der Waals surface area (Å²) >= 11 is 6.21. The lowest BCUT2D eigenvalue weighted by atomic mass is 9.93. The number of esters is 1. The van der Waals surface area contributed by atoms with Crippen molar-refractivity contribution in [3.05, 3.63) is 68.7 Å². The number of nitrogens with zero attached hydrogens (tertiary/aromatic N) is 2. The highest BCUT2D eigenvalue weighted by Crippen LogP contribution is 2.38. The quantitative estimate of drug-likeness (QED) is 0.449. The highest BCUT2D eigenvalue weighted by Gasteiger charge is 2.36. The molecule has 2 aromatic rings. The van der Waals surface area contributed by atoms with Gasteiger partial charge in [-0.15, -0.1) is 0 Å². The first-order chi connectivity index (χ1) is 12.9. The maximum Gasteiger partial charge on any atom is 0.339 e. The van der Waals surface area contributed by atoms with Crippen LogP contribution in [0.4, 0.5) is 11.4 Å². The fraction of sp³-hybridized carbons (Fsp3) is 0.316. The topological polar surface area (TPSA) is 81.9 Å². The standard InChI is InChI=1S/C19H19ClN2O5/c1-19(13-6-4-3-5-7-13)12-21(8-9-27-19)16-11-15(20)14(18(23)26-2)10-17(16)22(24)25/h3-7,10-11H,8-9,12H2,1-2H3. The number of halogens is 1. The van der Waals surface area contributed by atoms with Crippen LogP contribution in [0.5, 0.6) is 0 Å². The fourth-order valence-electron chi connectivity index (χ4n) is 3.26. The lowest BCUT2D eigenvalue weighted by Crippen LogP contribution is -2.48. The van der Waals surface area contributed by atoms with Crippen LogP contribution < -0.4 is 4.90 Å². The summed E-state index contributed by atoms with van der Waals surface area (Å²) in [4.78, 5) is 24.8. The molecule has 0 spiro atoms. The summed E-state index contributed by atoms with van der Waals surface area (Å²) in [5.41, 5.74) is 0.476. The van der Waals surface area contributed by atoms with Gasteiger partial charge < -0.3 is 14.4 Å². The van der Waals surface area contributed by atoms with Crippen LogP contribution in [0.2, 0.25) is 5.02 Å². The molecule has 0 saturated carbocycles. The zero-order valence-electron chi connectivity index (χ0n) is 15.0. The van der Waals surface area contributed by atoms with Gasteiger partial charge in [-0.2, -0.15) is 0 Å². The number of carbonyl (C=O) groups excluding carboxylic acids is 1. The van der Waals surface area contributed by atoms with Crippen LogP contribution in [0, 0.1) is 10.1 Å². The Hall–Kier alpha value is -2.64. The number of anilines is 1. The minimum Gasteiger partial charge on any atom is -0.465 e. The van der Waals surface area contributed by atoms with Crippen LogP contribution in [0.25, 0.3) is 0 Å². The van der Waals surface area contributed by atoms with Crippen molar-refractivity contribution in [3.8, 4) is 0 Å². The number of benzene rings is 2. The number of hydrogen-bond donors (Lipinski definition) is 0. The van der Waals surface area contributed by atoms with E-state index in [-0.39, 0.29) is 16.3 Å². The van der Waals surface area contributed by atoms with E-state index < -0.39 is 16.5 Å². The molecular weight excluding hydrogens is 372 g/mol. The number of methoxy groups -OCH3 is 1. The molecule has 0 amide bonds. The third-order valence-electron chi connectivity index (χ3n) is 4.67. The molecule has 0 N–H and O–H groups in total. The maximum absolute atomic E-state index is 11.8. The second kappa shape index (κ2) is 7.54. The Morgan fingerprint density at radius 1 is 1.33 bits per heavy atom. The second-order valence-electron chi connectivity index (χ2n) is 6.44. The van der Waals surface area contributed by atoms with Crippen molar-refractivity contribution in [3.63, 3.8) is 0 Å². The van der Waals surface area contributed by atoms with Crippen molar-refractivity contribution in [2.45, 2.75) is 12.5 Å². The van der Waals surface area contributed by atoms with Gasteiger partial charge in [0.1, 0.15) is 11.3 Å². The van der Waals surface area contributed by atoms with E-state index in [1.807, 2.05) is 42.2 Å². The lowest BCUT2D eigenvalue weighted by molar-refractivity contribution is -0.384. The molecule has 7 nitrogen and oxygen atoms in total. The summed E-state index contributed by atoms with van der Waals surface area (Å²) in [5, 5.41) is 11.7. The molecule has 1 atom stereocenters. The molecule has 1 heterocycles. The Balaban J connectivity index is 2.01. The third kappa shape index (κ3) is 3.74.